The highest BCUT2D eigenvalue weighted by atomic mass is 35.5. The van der Waals surface area contributed by atoms with Crippen molar-refractivity contribution in [2.75, 3.05) is 0 Å². The molecule has 0 aliphatic heterocycles. The Morgan fingerprint density at radius 3 is 2.76 bits per heavy atom. The van der Waals surface area contributed by atoms with E-state index >= 15 is 0 Å². The smallest absolute Gasteiger partial charge is 0.0681 e. The lowest BCUT2D eigenvalue weighted by atomic mass is 10.0. The average Bonchev–Trinajstić information content (AvgIpc) is 2.88. The summed E-state index contributed by atoms with van der Waals surface area (Å²) in [5.41, 5.74) is 5.21. The average molecular weight is 294 g/mol. The predicted molar refractivity (Wildman–Crippen MR) is 86.6 cm³/mol. The van der Waals surface area contributed by atoms with Gasteiger partial charge >= 0.3 is 0 Å². The van der Waals surface area contributed by atoms with Crippen LogP contribution in [0.15, 0.2) is 48.9 Å². The number of fused-ring (bicyclic) bond motifs is 3. The fourth-order valence-corrected chi connectivity index (χ4v) is 3.00. The Morgan fingerprint density at radius 1 is 1.05 bits per heavy atom. The van der Waals surface area contributed by atoms with Crippen LogP contribution in [-0.2, 0) is 0 Å². The first-order chi connectivity index (χ1) is 10.2. The maximum Gasteiger partial charge on any atom is 0.0681 e. The molecular weight excluding hydrogens is 282 g/mol. The van der Waals surface area contributed by atoms with Gasteiger partial charge in [0.1, 0.15) is 0 Å². The molecule has 21 heavy (non-hydrogen) atoms. The fraction of sp³-hybridized carbons (Fsp3) is 0.0588. The second-order valence-electron chi connectivity index (χ2n) is 5.06. The van der Waals surface area contributed by atoms with E-state index in [2.05, 4.69) is 15.0 Å². The molecule has 0 radical (unpaired) electrons. The predicted octanol–water partition coefficient (Wildman–Crippen LogP) is 4.74. The van der Waals surface area contributed by atoms with Gasteiger partial charge in [0.05, 0.1) is 16.7 Å². The standard InChI is InChI=1S/C17H12ClN3/c1-10-16-13(4-6-20-10)15-8-12(18)7-14(17(15)21-16)11-3-2-5-19-9-11/h2-9,21H,1H3. The van der Waals surface area contributed by atoms with Crippen LogP contribution in [0.1, 0.15) is 5.69 Å². The summed E-state index contributed by atoms with van der Waals surface area (Å²) in [7, 11) is 0. The topological polar surface area (TPSA) is 41.6 Å². The molecule has 3 aromatic heterocycles. The van der Waals surface area contributed by atoms with Crippen LogP contribution in [0.25, 0.3) is 32.9 Å². The number of pyridine rings is 2. The summed E-state index contributed by atoms with van der Waals surface area (Å²) in [4.78, 5) is 12.0. The first kappa shape index (κ1) is 12.4. The van der Waals surface area contributed by atoms with Crippen molar-refractivity contribution in [1.82, 2.24) is 15.0 Å². The van der Waals surface area contributed by atoms with Gasteiger partial charge in [0.25, 0.3) is 0 Å². The molecule has 4 heteroatoms. The number of aromatic nitrogens is 3. The molecule has 0 saturated carbocycles. The van der Waals surface area contributed by atoms with Gasteiger partial charge in [-0.15, -0.1) is 0 Å². The van der Waals surface area contributed by atoms with Crippen LogP contribution in [-0.4, -0.2) is 15.0 Å². The lowest BCUT2D eigenvalue weighted by Gasteiger charge is -2.04. The Bertz CT molecular complexity index is 958. The summed E-state index contributed by atoms with van der Waals surface area (Å²) < 4.78 is 0. The fourth-order valence-electron chi connectivity index (χ4n) is 2.78. The van der Waals surface area contributed by atoms with Crippen LogP contribution in [0, 0.1) is 6.92 Å². The lowest BCUT2D eigenvalue weighted by molar-refractivity contribution is 1.22. The van der Waals surface area contributed by atoms with E-state index in [0.717, 1.165) is 43.6 Å². The first-order valence-electron chi connectivity index (χ1n) is 6.71. The summed E-state index contributed by atoms with van der Waals surface area (Å²) in [6.45, 7) is 2.00. The first-order valence-corrected chi connectivity index (χ1v) is 7.09. The van der Waals surface area contributed by atoms with Crippen LogP contribution in [0.2, 0.25) is 5.02 Å². The highest BCUT2D eigenvalue weighted by Crippen LogP contribution is 2.35. The summed E-state index contributed by atoms with van der Waals surface area (Å²) >= 11 is 6.32. The van der Waals surface area contributed by atoms with Crippen LogP contribution < -0.4 is 0 Å². The molecule has 0 aliphatic rings. The number of hydrogen-bond donors (Lipinski definition) is 1. The molecule has 0 aliphatic carbocycles. The third kappa shape index (κ3) is 1.89. The van der Waals surface area contributed by atoms with E-state index in [9.17, 15) is 0 Å². The number of rotatable bonds is 1. The summed E-state index contributed by atoms with van der Waals surface area (Å²) in [6.07, 6.45) is 5.45. The third-order valence-electron chi connectivity index (χ3n) is 3.76. The zero-order chi connectivity index (χ0) is 14.4. The van der Waals surface area contributed by atoms with Crippen molar-refractivity contribution in [2.24, 2.45) is 0 Å². The van der Waals surface area contributed by atoms with Crippen molar-refractivity contribution < 1.29 is 0 Å². The van der Waals surface area contributed by atoms with E-state index in [1.165, 1.54) is 0 Å². The van der Waals surface area contributed by atoms with E-state index in [4.69, 9.17) is 11.6 Å². The maximum atomic E-state index is 6.32. The number of hydrogen-bond acceptors (Lipinski definition) is 2. The van der Waals surface area contributed by atoms with Crippen molar-refractivity contribution in [3.63, 3.8) is 0 Å². The third-order valence-corrected chi connectivity index (χ3v) is 3.97. The van der Waals surface area contributed by atoms with Crippen molar-refractivity contribution >= 4 is 33.4 Å². The van der Waals surface area contributed by atoms with E-state index in [-0.39, 0.29) is 0 Å². The van der Waals surface area contributed by atoms with Crippen LogP contribution in [0.4, 0.5) is 0 Å². The van der Waals surface area contributed by atoms with E-state index < -0.39 is 0 Å². The molecule has 0 amide bonds. The Balaban J connectivity index is 2.17. The summed E-state index contributed by atoms with van der Waals surface area (Å²) in [6, 6.07) is 9.95. The molecule has 1 aromatic carbocycles. The van der Waals surface area contributed by atoms with Crippen LogP contribution in [0.5, 0.6) is 0 Å². The Kier molecular flexibility index (Phi) is 2.69. The molecular formula is C17H12ClN3. The quantitative estimate of drug-likeness (QED) is 0.551. The van der Waals surface area contributed by atoms with Gasteiger partial charge in [-0.25, -0.2) is 0 Å². The second kappa shape index (κ2) is 4.57. The number of nitrogens with one attached hydrogen (secondary N) is 1. The normalized spacial score (nSPS) is 11.3. The van der Waals surface area contributed by atoms with Gasteiger partial charge in [0, 0.05) is 45.5 Å². The van der Waals surface area contributed by atoms with Gasteiger partial charge in [-0.3, -0.25) is 9.97 Å². The molecule has 1 N–H and O–H groups in total. The lowest BCUT2D eigenvalue weighted by Crippen LogP contribution is -1.82. The SMILES string of the molecule is Cc1nccc2c1[nH]c1c(-c3cccnc3)cc(Cl)cc12. The van der Waals surface area contributed by atoms with Crippen molar-refractivity contribution in [3.05, 3.63) is 59.6 Å². The van der Waals surface area contributed by atoms with Gasteiger partial charge in [0.2, 0.25) is 0 Å². The van der Waals surface area contributed by atoms with Gasteiger partial charge in [-0.1, -0.05) is 17.7 Å². The Labute approximate surface area is 126 Å². The Morgan fingerprint density at radius 2 is 1.95 bits per heavy atom. The minimum absolute atomic E-state index is 0.719. The van der Waals surface area contributed by atoms with Crippen molar-refractivity contribution in [3.8, 4) is 11.1 Å². The number of aryl methyl sites for hydroxylation is 1. The number of nitrogens with zero attached hydrogens (tertiary/aromatic N) is 2. The molecule has 0 saturated heterocycles. The van der Waals surface area contributed by atoms with Gasteiger partial charge in [-0.2, -0.15) is 0 Å². The molecule has 4 aromatic rings. The van der Waals surface area contributed by atoms with Gasteiger partial charge < -0.3 is 4.98 Å². The second-order valence-corrected chi connectivity index (χ2v) is 5.50. The minimum Gasteiger partial charge on any atom is -0.353 e. The van der Waals surface area contributed by atoms with E-state index in [1.807, 2.05) is 49.6 Å². The van der Waals surface area contributed by atoms with Crippen LogP contribution in [0.3, 0.4) is 0 Å². The molecule has 0 unspecified atom stereocenters. The number of H-pyrrole nitrogens is 1. The molecule has 0 atom stereocenters. The largest absolute Gasteiger partial charge is 0.353 e. The Hall–Kier alpha value is -2.39. The van der Waals surface area contributed by atoms with E-state index in [1.54, 1.807) is 6.20 Å². The van der Waals surface area contributed by atoms with Gasteiger partial charge in [-0.05, 0) is 31.2 Å². The molecule has 0 fully saturated rings. The molecule has 102 valence electrons. The van der Waals surface area contributed by atoms with Gasteiger partial charge in [0.15, 0.2) is 0 Å². The van der Waals surface area contributed by atoms with Crippen molar-refractivity contribution in [1.29, 1.82) is 0 Å². The molecule has 3 nitrogen and oxygen atoms in total. The summed E-state index contributed by atoms with van der Waals surface area (Å²) in [5, 5.41) is 2.98. The maximum absolute atomic E-state index is 6.32. The number of aromatic amines is 1. The summed E-state index contributed by atoms with van der Waals surface area (Å²) in [5.74, 6) is 0. The zero-order valence-electron chi connectivity index (χ0n) is 11.4. The van der Waals surface area contributed by atoms with E-state index in [0.29, 0.717) is 0 Å². The highest BCUT2D eigenvalue weighted by molar-refractivity contribution is 6.32. The number of benzene rings is 1. The zero-order valence-corrected chi connectivity index (χ0v) is 12.1. The number of halogens is 1. The molecule has 0 bridgehead atoms. The molecule has 4 rings (SSSR count). The monoisotopic (exact) mass is 293 g/mol. The van der Waals surface area contributed by atoms with Crippen LogP contribution >= 0.6 is 11.6 Å². The van der Waals surface area contributed by atoms with Crippen molar-refractivity contribution in [2.45, 2.75) is 6.92 Å². The highest BCUT2D eigenvalue weighted by Gasteiger charge is 2.12. The molecule has 0 spiro atoms. The minimum atomic E-state index is 0.719. The molecule has 3 heterocycles.